The molecule has 0 bridgehead atoms. The van der Waals surface area contributed by atoms with Gasteiger partial charge in [-0.2, -0.15) is 0 Å². The highest BCUT2D eigenvalue weighted by Gasteiger charge is 2.15. The Morgan fingerprint density at radius 2 is 1.72 bits per heavy atom. The quantitative estimate of drug-likeness (QED) is 0.526. The molecule has 166 valence electrons. The lowest BCUT2D eigenvalue weighted by Gasteiger charge is -2.22. The number of anilines is 1. The highest BCUT2D eigenvalue weighted by molar-refractivity contribution is 5.94. The van der Waals surface area contributed by atoms with E-state index in [0.717, 1.165) is 22.4 Å². The average molecular weight is 431 g/mol. The van der Waals surface area contributed by atoms with E-state index in [0.29, 0.717) is 17.6 Å². The Bertz CT molecular complexity index is 1030. The van der Waals surface area contributed by atoms with Gasteiger partial charge < -0.3 is 15.4 Å². The number of hydrogen-bond acceptors (Lipinski definition) is 5. The third-order valence-electron chi connectivity index (χ3n) is 6.01. The van der Waals surface area contributed by atoms with Gasteiger partial charge in [0.1, 0.15) is 5.75 Å². The minimum atomic E-state index is -0.130. The zero-order valence-corrected chi connectivity index (χ0v) is 18.7. The molecule has 32 heavy (non-hydrogen) atoms. The minimum absolute atomic E-state index is 0.116. The highest BCUT2D eigenvalue weighted by Crippen LogP contribution is 2.23. The van der Waals surface area contributed by atoms with Gasteiger partial charge in [0, 0.05) is 29.6 Å². The topological polar surface area (TPSA) is 76.1 Å². The van der Waals surface area contributed by atoms with Gasteiger partial charge in [0.25, 0.3) is 5.91 Å². The van der Waals surface area contributed by atoms with Crippen LogP contribution in [0.3, 0.4) is 0 Å². The van der Waals surface area contributed by atoms with E-state index in [1.807, 2.05) is 67.8 Å². The lowest BCUT2D eigenvalue weighted by atomic mass is 9.96. The van der Waals surface area contributed by atoms with Crippen LogP contribution in [0.4, 0.5) is 5.95 Å². The number of hydrogen-bond donors (Lipinski definition) is 2. The van der Waals surface area contributed by atoms with Crippen molar-refractivity contribution in [3.63, 3.8) is 0 Å². The van der Waals surface area contributed by atoms with Crippen LogP contribution in [-0.2, 0) is 0 Å². The number of amides is 1. The normalized spacial score (nSPS) is 15.1. The van der Waals surface area contributed by atoms with Crippen LogP contribution < -0.4 is 15.4 Å². The Morgan fingerprint density at radius 1 is 1.00 bits per heavy atom. The van der Waals surface area contributed by atoms with Crippen molar-refractivity contribution in [1.82, 2.24) is 15.3 Å². The molecule has 0 radical (unpaired) electrons. The molecule has 4 rings (SSSR count). The van der Waals surface area contributed by atoms with E-state index in [9.17, 15) is 4.79 Å². The fourth-order valence-corrected chi connectivity index (χ4v) is 4.07. The van der Waals surface area contributed by atoms with Crippen LogP contribution in [0.2, 0.25) is 0 Å². The Balaban J connectivity index is 1.37. The fourth-order valence-electron chi connectivity index (χ4n) is 4.07. The molecule has 6 nitrogen and oxygen atoms in total. The summed E-state index contributed by atoms with van der Waals surface area (Å²) in [6.45, 7) is 1.96. The van der Waals surface area contributed by atoms with Crippen molar-refractivity contribution < 1.29 is 9.53 Å². The van der Waals surface area contributed by atoms with Crippen molar-refractivity contribution >= 4 is 11.9 Å². The molecule has 1 atom stereocenters. The monoisotopic (exact) mass is 430 g/mol. The van der Waals surface area contributed by atoms with Crippen molar-refractivity contribution in [2.75, 3.05) is 12.4 Å². The molecule has 1 heterocycles. The number of aromatic nitrogens is 2. The van der Waals surface area contributed by atoms with E-state index in [1.54, 1.807) is 7.11 Å². The third kappa shape index (κ3) is 5.44. The van der Waals surface area contributed by atoms with E-state index < -0.39 is 0 Å². The number of ether oxygens (including phenoxy) is 1. The summed E-state index contributed by atoms with van der Waals surface area (Å²) in [6.07, 6.45) is 9.90. The molecule has 0 aliphatic heterocycles. The molecule has 1 amide bonds. The predicted molar refractivity (Wildman–Crippen MR) is 127 cm³/mol. The van der Waals surface area contributed by atoms with Crippen molar-refractivity contribution in [2.45, 2.75) is 51.1 Å². The molecular formula is C26H30N4O2. The molecule has 0 saturated heterocycles. The molecule has 3 aromatic rings. The van der Waals surface area contributed by atoms with Crippen LogP contribution in [0.1, 0.15) is 61.0 Å². The third-order valence-corrected chi connectivity index (χ3v) is 6.01. The van der Waals surface area contributed by atoms with Crippen LogP contribution in [0.5, 0.6) is 5.75 Å². The number of carbonyl (C=O) groups excluding carboxylic acids is 1. The van der Waals surface area contributed by atoms with Crippen LogP contribution in [0.25, 0.3) is 11.1 Å². The number of benzene rings is 2. The van der Waals surface area contributed by atoms with Gasteiger partial charge in [0.2, 0.25) is 5.95 Å². The van der Waals surface area contributed by atoms with Crippen molar-refractivity contribution in [3.8, 4) is 16.9 Å². The second kappa shape index (κ2) is 10.3. The molecule has 1 fully saturated rings. The number of methoxy groups -OCH3 is 1. The Morgan fingerprint density at radius 3 is 2.41 bits per heavy atom. The van der Waals surface area contributed by atoms with E-state index >= 15 is 0 Å². The first-order valence-corrected chi connectivity index (χ1v) is 11.3. The number of nitrogens with zero attached hydrogens (tertiary/aromatic N) is 2. The summed E-state index contributed by atoms with van der Waals surface area (Å²) < 4.78 is 5.27. The Kier molecular flexibility index (Phi) is 7.00. The van der Waals surface area contributed by atoms with Crippen molar-refractivity contribution in [2.24, 2.45) is 0 Å². The summed E-state index contributed by atoms with van der Waals surface area (Å²) in [5.74, 6) is 1.34. The van der Waals surface area contributed by atoms with Gasteiger partial charge in [0.05, 0.1) is 13.2 Å². The van der Waals surface area contributed by atoms with Gasteiger partial charge in [-0.1, -0.05) is 43.5 Å². The highest BCUT2D eigenvalue weighted by atomic mass is 16.5. The van der Waals surface area contributed by atoms with Gasteiger partial charge in [-0.25, -0.2) is 9.97 Å². The van der Waals surface area contributed by atoms with E-state index in [2.05, 4.69) is 20.6 Å². The molecule has 2 N–H and O–H groups in total. The summed E-state index contributed by atoms with van der Waals surface area (Å²) in [7, 11) is 1.63. The molecule has 0 unspecified atom stereocenters. The molecule has 1 aliphatic rings. The first-order valence-electron chi connectivity index (χ1n) is 11.3. The molecule has 2 aromatic carbocycles. The first kappa shape index (κ1) is 21.8. The van der Waals surface area contributed by atoms with E-state index in [4.69, 9.17) is 4.74 Å². The summed E-state index contributed by atoms with van der Waals surface area (Å²) >= 11 is 0. The molecule has 0 spiro atoms. The number of carbonyl (C=O) groups is 1. The predicted octanol–water partition coefficient (Wildman–Crippen LogP) is 5.39. The molecule has 1 aliphatic carbocycles. The van der Waals surface area contributed by atoms with Gasteiger partial charge in [-0.15, -0.1) is 0 Å². The first-order chi connectivity index (χ1) is 15.6. The van der Waals surface area contributed by atoms with Crippen LogP contribution in [-0.4, -0.2) is 29.0 Å². The minimum Gasteiger partial charge on any atom is -0.497 e. The molecule has 1 saturated carbocycles. The maximum atomic E-state index is 12.7. The molecular weight excluding hydrogens is 400 g/mol. The summed E-state index contributed by atoms with van der Waals surface area (Å²) in [4.78, 5) is 21.7. The second-order valence-electron chi connectivity index (χ2n) is 8.32. The largest absolute Gasteiger partial charge is 0.497 e. The Hall–Kier alpha value is -3.41. The molecule has 1 aromatic heterocycles. The van der Waals surface area contributed by atoms with Gasteiger partial charge in [-0.05, 0) is 55.2 Å². The maximum Gasteiger partial charge on any atom is 0.251 e. The van der Waals surface area contributed by atoms with E-state index in [1.165, 1.54) is 32.1 Å². The summed E-state index contributed by atoms with van der Waals surface area (Å²) in [6, 6.07) is 15.6. The van der Waals surface area contributed by atoms with Gasteiger partial charge in [-0.3, -0.25) is 4.79 Å². The van der Waals surface area contributed by atoms with Crippen LogP contribution in [0.15, 0.2) is 60.9 Å². The lowest BCUT2D eigenvalue weighted by molar-refractivity contribution is 0.0940. The van der Waals surface area contributed by atoms with Crippen molar-refractivity contribution in [3.05, 3.63) is 72.1 Å². The Labute approximate surface area is 189 Å². The SMILES string of the molecule is COc1cccc([C@@H](C)NC(=O)c2ccc(-c3cnc(NC4CCCCC4)nc3)cc2)c1. The van der Waals surface area contributed by atoms with Crippen LogP contribution >= 0.6 is 0 Å². The smallest absolute Gasteiger partial charge is 0.251 e. The van der Waals surface area contributed by atoms with Crippen LogP contribution in [0, 0.1) is 0 Å². The van der Waals surface area contributed by atoms with E-state index in [-0.39, 0.29) is 11.9 Å². The second-order valence-corrected chi connectivity index (χ2v) is 8.32. The van der Waals surface area contributed by atoms with Crippen molar-refractivity contribution in [1.29, 1.82) is 0 Å². The average Bonchev–Trinajstić information content (AvgIpc) is 2.85. The lowest BCUT2D eigenvalue weighted by Crippen LogP contribution is -2.26. The zero-order chi connectivity index (χ0) is 22.3. The van der Waals surface area contributed by atoms with Gasteiger partial charge in [0.15, 0.2) is 0 Å². The zero-order valence-electron chi connectivity index (χ0n) is 18.7. The number of rotatable bonds is 7. The summed E-state index contributed by atoms with van der Waals surface area (Å²) in [5, 5.41) is 6.48. The molecule has 6 heteroatoms. The number of nitrogens with one attached hydrogen (secondary N) is 2. The standard InChI is InChI=1S/C26H30N4O2/c1-18(21-7-6-10-24(15-21)32-2)29-25(31)20-13-11-19(12-14-20)22-16-27-26(28-17-22)30-23-8-4-3-5-9-23/h6-7,10-18,23H,3-5,8-9H2,1-2H3,(H,29,31)(H,27,28,30)/t18-/m1/s1. The fraction of sp³-hybridized carbons (Fsp3) is 0.346. The van der Waals surface area contributed by atoms with Gasteiger partial charge >= 0.3 is 0 Å². The maximum absolute atomic E-state index is 12.7. The summed E-state index contributed by atoms with van der Waals surface area (Å²) in [5.41, 5.74) is 3.51.